The number of hydrogen-bond acceptors (Lipinski definition) is 0. The van der Waals surface area contributed by atoms with Crippen molar-refractivity contribution in [3.8, 4) is 0 Å². The Morgan fingerprint density at radius 2 is 1.76 bits per heavy atom. The van der Waals surface area contributed by atoms with Crippen molar-refractivity contribution >= 4 is 11.6 Å². The van der Waals surface area contributed by atoms with Crippen LogP contribution in [0.4, 0.5) is 8.78 Å². The van der Waals surface area contributed by atoms with E-state index in [1.807, 2.05) is 0 Å². The maximum Gasteiger partial charge on any atom is 0.177 e. The molecule has 2 rings (SSSR count). The van der Waals surface area contributed by atoms with Crippen LogP contribution in [0.15, 0.2) is 12.1 Å². The number of rotatable bonds is 1. The highest BCUT2D eigenvalue weighted by Crippen LogP contribution is 2.44. The van der Waals surface area contributed by atoms with Crippen LogP contribution in [-0.4, -0.2) is 0 Å². The van der Waals surface area contributed by atoms with Crippen LogP contribution in [0.1, 0.15) is 51.0 Å². The highest BCUT2D eigenvalue weighted by atomic mass is 35.5. The van der Waals surface area contributed by atoms with Gasteiger partial charge in [0.1, 0.15) is 0 Å². The molecule has 0 radical (unpaired) electrons. The summed E-state index contributed by atoms with van der Waals surface area (Å²) in [5, 5.41) is -0.0327. The van der Waals surface area contributed by atoms with Crippen LogP contribution in [0, 0.1) is 17.0 Å². The van der Waals surface area contributed by atoms with E-state index in [9.17, 15) is 8.78 Å². The van der Waals surface area contributed by atoms with Gasteiger partial charge in [-0.3, -0.25) is 0 Å². The Labute approximate surface area is 106 Å². The molecule has 1 aliphatic rings. The molecule has 94 valence electrons. The van der Waals surface area contributed by atoms with E-state index in [0.717, 1.165) is 31.2 Å². The molecule has 0 aliphatic heterocycles. The lowest BCUT2D eigenvalue weighted by molar-refractivity contribution is 0.224. The Bertz CT molecular complexity index is 416. The van der Waals surface area contributed by atoms with E-state index in [0.29, 0.717) is 5.41 Å². The standard InChI is InChI=1S/C14H17ClF2/c1-14(2)7-5-9(6-8-14)10-3-4-11(16)13(17)12(10)15/h3-4,9H,5-8H2,1-2H3. The summed E-state index contributed by atoms with van der Waals surface area (Å²) >= 11 is 5.89. The van der Waals surface area contributed by atoms with Crippen LogP contribution in [0.5, 0.6) is 0 Å². The fraction of sp³-hybridized carbons (Fsp3) is 0.571. The largest absolute Gasteiger partial charge is 0.204 e. The molecule has 0 bridgehead atoms. The quantitative estimate of drug-likeness (QED) is 0.600. The summed E-state index contributed by atoms with van der Waals surface area (Å²) in [6.45, 7) is 4.49. The van der Waals surface area contributed by atoms with Crippen LogP contribution in [0.3, 0.4) is 0 Å². The predicted molar refractivity (Wildman–Crippen MR) is 66.4 cm³/mol. The molecule has 1 aromatic carbocycles. The van der Waals surface area contributed by atoms with Gasteiger partial charge in [0.15, 0.2) is 11.6 Å². The second-order valence-corrected chi connectivity index (χ2v) is 6.08. The lowest BCUT2D eigenvalue weighted by Gasteiger charge is -2.34. The van der Waals surface area contributed by atoms with Gasteiger partial charge < -0.3 is 0 Å². The molecule has 17 heavy (non-hydrogen) atoms. The highest BCUT2D eigenvalue weighted by molar-refractivity contribution is 6.31. The molecular weight excluding hydrogens is 242 g/mol. The lowest BCUT2D eigenvalue weighted by atomic mass is 9.71. The lowest BCUT2D eigenvalue weighted by Crippen LogP contribution is -2.20. The summed E-state index contributed by atoms with van der Waals surface area (Å²) in [6.07, 6.45) is 4.20. The average molecular weight is 259 g/mol. The molecule has 0 saturated heterocycles. The average Bonchev–Trinajstić information content (AvgIpc) is 2.27. The van der Waals surface area contributed by atoms with Gasteiger partial charge in [0.05, 0.1) is 5.02 Å². The Balaban J connectivity index is 2.22. The van der Waals surface area contributed by atoms with Gasteiger partial charge in [-0.25, -0.2) is 8.78 Å². The highest BCUT2D eigenvalue weighted by Gasteiger charge is 2.29. The van der Waals surface area contributed by atoms with Crippen LogP contribution < -0.4 is 0 Å². The second-order valence-electron chi connectivity index (χ2n) is 5.70. The smallest absolute Gasteiger partial charge is 0.177 e. The Kier molecular flexibility index (Phi) is 3.44. The van der Waals surface area contributed by atoms with Gasteiger partial charge in [-0.2, -0.15) is 0 Å². The maximum absolute atomic E-state index is 13.4. The minimum absolute atomic E-state index is 0.0327. The van der Waals surface area contributed by atoms with E-state index in [1.165, 1.54) is 6.07 Å². The molecule has 0 spiro atoms. The van der Waals surface area contributed by atoms with Gasteiger partial charge in [0.2, 0.25) is 0 Å². The van der Waals surface area contributed by atoms with Crippen molar-refractivity contribution in [1.82, 2.24) is 0 Å². The third-order valence-corrected chi connectivity index (χ3v) is 4.23. The Morgan fingerprint density at radius 1 is 1.18 bits per heavy atom. The molecule has 0 N–H and O–H groups in total. The number of hydrogen-bond donors (Lipinski definition) is 0. The number of halogens is 3. The summed E-state index contributed by atoms with van der Waals surface area (Å²) in [4.78, 5) is 0. The topological polar surface area (TPSA) is 0 Å². The molecule has 0 unspecified atom stereocenters. The summed E-state index contributed by atoms with van der Waals surface area (Å²) in [6, 6.07) is 2.81. The van der Waals surface area contributed by atoms with E-state index < -0.39 is 11.6 Å². The Morgan fingerprint density at radius 3 is 2.35 bits per heavy atom. The van der Waals surface area contributed by atoms with E-state index in [-0.39, 0.29) is 10.9 Å². The van der Waals surface area contributed by atoms with E-state index in [1.54, 1.807) is 6.07 Å². The Hall–Kier alpha value is -0.630. The molecular formula is C14H17ClF2. The molecule has 1 aromatic rings. The zero-order valence-corrected chi connectivity index (χ0v) is 11.0. The predicted octanol–water partition coefficient (Wildman–Crippen LogP) is 5.30. The zero-order valence-electron chi connectivity index (χ0n) is 10.2. The fourth-order valence-electron chi connectivity index (χ4n) is 2.57. The summed E-state index contributed by atoms with van der Waals surface area (Å²) < 4.78 is 26.4. The van der Waals surface area contributed by atoms with Crippen LogP contribution in [-0.2, 0) is 0 Å². The summed E-state index contributed by atoms with van der Waals surface area (Å²) in [5.74, 6) is -1.51. The van der Waals surface area contributed by atoms with Crippen molar-refractivity contribution in [1.29, 1.82) is 0 Å². The molecule has 1 fully saturated rings. The molecule has 0 atom stereocenters. The minimum atomic E-state index is -0.908. The van der Waals surface area contributed by atoms with E-state index in [4.69, 9.17) is 11.6 Å². The van der Waals surface area contributed by atoms with Gasteiger partial charge in [-0.15, -0.1) is 0 Å². The van der Waals surface area contributed by atoms with Crippen LogP contribution in [0.2, 0.25) is 5.02 Å². The first kappa shape index (κ1) is 12.8. The SMILES string of the molecule is CC1(C)CCC(c2ccc(F)c(F)c2Cl)CC1. The third kappa shape index (κ3) is 2.62. The fourth-order valence-corrected chi connectivity index (χ4v) is 2.87. The van der Waals surface area contributed by atoms with Gasteiger partial charge in [0, 0.05) is 0 Å². The normalized spacial score (nSPS) is 20.5. The van der Waals surface area contributed by atoms with Crippen LogP contribution >= 0.6 is 11.6 Å². The van der Waals surface area contributed by atoms with Gasteiger partial charge in [-0.1, -0.05) is 31.5 Å². The van der Waals surface area contributed by atoms with Crippen molar-refractivity contribution in [2.24, 2.45) is 5.41 Å². The van der Waals surface area contributed by atoms with Crippen molar-refractivity contribution in [2.45, 2.75) is 45.4 Å². The monoisotopic (exact) mass is 258 g/mol. The molecule has 1 aliphatic carbocycles. The molecule has 0 aromatic heterocycles. The van der Waals surface area contributed by atoms with Gasteiger partial charge in [0.25, 0.3) is 0 Å². The molecule has 1 saturated carbocycles. The zero-order chi connectivity index (χ0) is 12.6. The first-order valence-electron chi connectivity index (χ1n) is 6.04. The maximum atomic E-state index is 13.4. The van der Waals surface area contributed by atoms with Crippen LogP contribution in [0.25, 0.3) is 0 Å². The van der Waals surface area contributed by atoms with Crippen molar-refractivity contribution in [3.63, 3.8) is 0 Å². The van der Waals surface area contributed by atoms with Crippen molar-refractivity contribution in [3.05, 3.63) is 34.4 Å². The third-order valence-electron chi connectivity index (χ3n) is 3.84. The molecule has 3 heteroatoms. The van der Waals surface area contributed by atoms with Gasteiger partial charge in [-0.05, 0) is 48.6 Å². The van der Waals surface area contributed by atoms with E-state index >= 15 is 0 Å². The molecule has 0 nitrogen and oxygen atoms in total. The van der Waals surface area contributed by atoms with E-state index in [2.05, 4.69) is 13.8 Å². The van der Waals surface area contributed by atoms with Crippen molar-refractivity contribution < 1.29 is 8.78 Å². The van der Waals surface area contributed by atoms with Gasteiger partial charge >= 0.3 is 0 Å². The van der Waals surface area contributed by atoms with Crippen molar-refractivity contribution in [2.75, 3.05) is 0 Å². The first-order valence-corrected chi connectivity index (χ1v) is 6.42. The second kappa shape index (κ2) is 4.56. The summed E-state index contributed by atoms with van der Waals surface area (Å²) in [7, 11) is 0. The molecule has 0 amide bonds. The minimum Gasteiger partial charge on any atom is -0.204 e. The summed E-state index contributed by atoms with van der Waals surface area (Å²) in [5.41, 5.74) is 1.13. The number of benzene rings is 1. The molecule has 0 heterocycles. The first-order chi connectivity index (χ1) is 7.91.